The molecule has 0 spiro atoms. The molecule has 0 aliphatic rings. The lowest BCUT2D eigenvalue weighted by atomic mass is 9.96. The molecule has 124 valence electrons. The zero-order valence-corrected chi connectivity index (χ0v) is 14.1. The number of hydrogen-bond acceptors (Lipinski definition) is 4. The molecule has 5 nitrogen and oxygen atoms in total. The van der Waals surface area contributed by atoms with Crippen molar-refractivity contribution < 1.29 is 14.4 Å². The van der Waals surface area contributed by atoms with Gasteiger partial charge in [-0.1, -0.05) is 36.3 Å². The molecule has 0 aliphatic heterocycles. The molecule has 0 saturated carbocycles. The van der Waals surface area contributed by atoms with E-state index in [0.29, 0.717) is 6.42 Å². The zero-order chi connectivity index (χ0) is 17.0. The summed E-state index contributed by atoms with van der Waals surface area (Å²) < 4.78 is 5.15. The first-order valence-corrected chi connectivity index (χ1v) is 7.83. The molecule has 0 radical (unpaired) electrons. The Balaban J connectivity index is 1.89. The number of hydrogen-bond donors (Lipinski definition) is 2. The van der Waals surface area contributed by atoms with E-state index in [1.165, 1.54) is 0 Å². The Kier molecular flexibility index (Phi) is 5.55. The Morgan fingerprint density at radius 2 is 2.00 bits per heavy atom. The van der Waals surface area contributed by atoms with Crippen LogP contribution in [0.5, 0.6) is 0 Å². The molecule has 0 aliphatic carbocycles. The average Bonchev–Trinajstić information content (AvgIpc) is 2.84. The number of aromatic nitrogens is 1. The minimum Gasteiger partial charge on any atom is -0.387 e. The van der Waals surface area contributed by atoms with Crippen molar-refractivity contribution in [3.05, 3.63) is 52.4 Å². The van der Waals surface area contributed by atoms with Gasteiger partial charge in [0.05, 0.1) is 11.8 Å². The van der Waals surface area contributed by atoms with Crippen LogP contribution in [0.4, 0.5) is 0 Å². The molecule has 2 unspecified atom stereocenters. The molecule has 2 aromatic rings. The molecular formula is C18H24N2O3. The van der Waals surface area contributed by atoms with Crippen LogP contribution in [0, 0.1) is 20.8 Å². The van der Waals surface area contributed by atoms with Crippen molar-refractivity contribution in [2.24, 2.45) is 0 Å². The SMILES string of the molecule is Cc1ccccc1C(O)CNC(=O)CC(C)c1c(C)noc1C. The maximum Gasteiger partial charge on any atom is 0.220 e. The van der Waals surface area contributed by atoms with E-state index in [-0.39, 0.29) is 18.4 Å². The third-order valence-electron chi connectivity index (χ3n) is 4.11. The lowest BCUT2D eigenvalue weighted by Gasteiger charge is -2.16. The van der Waals surface area contributed by atoms with Crippen LogP contribution >= 0.6 is 0 Å². The first kappa shape index (κ1) is 17.2. The molecule has 0 fully saturated rings. The molecule has 0 saturated heterocycles. The van der Waals surface area contributed by atoms with Crippen molar-refractivity contribution in [3.8, 4) is 0 Å². The highest BCUT2D eigenvalue weighted by Gasteiger charge is 2.20. The van der Waals surface area contributed by atoms with E-state index in [4.69, 9.17) is 4.52 Å². The van der Waals surface area contributed by atoms with Crippen LogP contribution < -0.4 is 5.32 Å². The highest BCUT2D eigenvalue weighted by molar-refractivity contribution is 5.77. The summed E-state index contributed by atoms with van der Waals surface area (Å²) in [5.41, 5.74) is 3.66. The molecule has 2 rings (SSSR count). The van der Waals surface area contributed by atoms with Gasteiger partial charge in [-0.3, -0.25) is 4.79 Å². The molecule has 2 N–H and O–H groups in total. The summed E-state index contributed by atoms with van der Waals surface area (Å²) in [6, 6.07) is 7.63. The van der Waals surface area contributed by atoms with Gasteiger partial charge in [0.25, 0.3) is 0 Å². The summed E-state index contributed by atoms with van der Waals surface area (Å²) in [6.45, 7) is 7.86. The first-order chi connectivity index (χ1) is 10.9. The minimum absolute atomic E-state index is 0.0249. The Bertz CT molecular complexity index is 659. The van der Waals surface area contributed by atoms with Crippen LogP contribution in [0.15, 0.2) is 28.8 Å². The Hall–Kier alpha value is -2.14. The van der Waals surface area contributed by atoms with Gasteiger partial charge in [-0.05, 0) is 37.8 Å². The van der Waals surface area contributed by atoms with Gasteiger partial charge in [0.1, 0.15) is 5.76 Å². The van der Waals surface area contributed by atoms with Gasteiger partial charge in [0.2, 0.25) is 5.91 Å². The van der Waals surface area contributed by atoms with E-state index in [0.717, 1.165) is 28.1 Å². The smallest absolute Gasteiger partial charge is 0.220 e. The number of carbonyl (C=O) groups excluding carboxylic acids is 1. The molecule has 23 heavy (non-hydrogen) atoms. The summed E-state index contributed by atoms with van der Waals surface area (Å²) in [6.07, 6.45) is -0.363. The fourth-order valence-corrected chi connectivity index (χ4v) is 2.93. The van der Waals surface area contributed by atoms with Crippen LogP contribution in [0.3, 0.4) is 0 Å². The molecule has 1 amide bonds. The van der Waals surface area contributed by atoms with E-state index in [2.05, 4.69) is 10.5 Å². The van der Waals surface area contributed by atoms with Gasteiger partial charge >= 0.3 is 0 Å². The largest absolute Gasteiger partial charge is 0.387 e. The molecule has 0 bridgehead atoms. The van der Waals surface area contributed by atoms with Crippen molar-refractivity contribution in [1.29, 1.82) is 0 Å². The first-order valence-electron chi connectivity index (χ1n) is 7.83. The summed E-state index contributed by atoms with van der Waals surface area (Å²) in [4.78, 5) is 12.1. The summed E-state index contributed by atoms with van der Waals surface area (Å²) in [5.74, 6) is 0.685. The second kappa shape index (κ2) is 7.42. The maximum absolute atomic E-state index is 12.1. The van der Waals surface area contributed by atoms with Crippen LogP contribution in [0.1, 0.15) is 53.5 Å². The highest BCUT2D eigenvalue weighted by atomic mass is 16.5. The number of aliphatic hydroxyl groups is 1. The second-order valence-electron chi connectivity index (χ2n) is 6.02. The van der Waals surface area contributed by atoms with E-state index >= 15 is 0 Å². The minimum atomic E-state index is -0.700. The van der Waals surface area contributed by atoms with Crippen LogP contribution in [-0.2, 0) is 4.79 Å². The lowest BCUT2D eigenvalue weighted by Crippen LogP contribution is -2.29. The maximum atomic E-state index is 12.1. The number of aliphatic hydroxyl groups excluding tert-OH is 1. The van der Waals surface area contributed by atoms with Gasteiger partial charge in [-0.25, -0.2) is 0 Å². The van der Waals surface area contributed by atoms with Crippen LogP contribution in [0.25, 0.3) is 0 Å². The van der Waals surface area contributed by atoms with Gasteiger partial charge in [0, 0.05) is 18.5 Å². The number of amides is 1. The average molecular weight is 316 g/mol. The number of rotatable bonds is 6. The number of nitrogens with zero attached hydrogens (tertiary/aromatic N) is 1. The quantitative estimate of drug-likeness (QED) is 0.859. The van der Waals surface area contributed by atoms with Gasteiger partial charge in [0.15, 0.2) is 0 Å². The number of benzene rings is 1. The molecule has 5 heteroatoms. The van der Waals surface area contributed by atoms with Crippen molar-refractivity contribution in [1.82, 2.24) is 10.5 Å². The normalized spacial score (nSPS) is 13.6. The van der Waals surface area contributed by atoms with E-state index in [9.17, 15) is 9.90 Å². The van der Waals surface area contributed by atoms with Crippen LogP contribution in [-0.4, -0.2) is 22.7 Å². The van der Waals surface area contributed by atoms with Crippen molar-refractivity contribution in [2.45, 2.75) is 46.1 Å². The highest BCUT2D eigenvalue weighted by Crippen LogP contribution is 2.25. The monoisotopic (exact) mass is 316 g/mol. The molecule has 2 atom stereocenters. The van der Waals surface area contributed by atoms with Crippen LogP contribution in [0.2, 0.25) is 0 Å². The Labute approximate surface area is 136 Å². The number of aryl methyl sites for hydroxylation is 3. The third-order valence-corrected chi connectivity index (χ3v) is 4.11. The molecular weight excluding hydrogens is 292 g/mol. The Morgan fingerprint density at radius 1 is 1.30 bits per heavy atom. The Morgan fingerprint density at radius 3 is 2.61 bits per heavy atom. The van der Waals surface area contributed by atoms with E-state index in [1.54, 1.807) is 0 Å². The van der Waals surface area contributed by atoms with Crippen molar-refractivity contribution in [3.63, 3.8) is 0 Å². The van der Waals surface area contributed by atoms with E-state index < -0.39 is 6.10 Å². The predicted octanol–water partition coefficient (Wildman–Crippen LogP) is 2.94. The van der Waals surface area contributed by atoms with Gasteiger partial charge in [-0.15, -0.1) is 0 Å². The van der Waals surface area contributed by atoms with Crippen molar-refractivity contribution in [2.75, 3.05) is 6.54 Å². The number of carbonyl (C=O) groups is 1. The standard InChI is InChI=1S/C18H24N2O3/c1-11-7-5-6-8-15(11)16(21)10-19-17(22)9-12(2)18-13(3)20-23-14(18)4/h5-8,12,16,21H,9-10H2,1-4H3,(H,19,22). The van der Waals surface area contributed by atoms with Crippen molar-refractivity contribution >= 4 is 5.91 Å². The summed E-state index contributed by atoms with van der Waals surface area (Å²) in [7, 11) is 0. The predicted molar refractivity (Wildman–Crippen MR) is 88.2 cm³/mol. The molecule has 1 aromatic heterocycles. The van der Waals surface area contributed by atoms with E-state index in [1.807, 2.05) is 52.0 Å². The molecule has 1 heterocycles. The van der Waals surface area contributed by atoms with Gasteiger partial charge < -0.3 is 14.9 Å². The third kappa shape index (κ3) is 4.20. The lowest BCUT2D eigenvalue weighted by molar-refractivity contribution is -0.121. The zero-order valence-electron chi connectivity index (χ0n) is 14.1. The summed E-state index contributed by atoms with van der Waals surface area (Å²) in [5, 5.41) is 16.9. The summed E-state index contributed by atoms with van der Waals surface area (Å²) >= 11 is 0. The number of nitrogens with one attached hydrogen (secondary N) is 1. The fraction of sp³-hybridized carbons (Fsp3) is 0.444. The van der Waals surface area contributed by atoms with Gasteiger partial charge in [-0.2, -0.15) is 0 Å². The molecule has 1 aromatic carbocycles. The second-order valence-corrected chi connectivity index (χ2v) is 6.02. The fourth-order valence-electron chi connectivity index (χ4n) is 2.93. The topological polar surface area (TPSA) is 75.4 Å².